The summed E-state index contributed by atoms with van der Waals surface area (Å²) in [6.07, 6.45) is 1.65. The number of hydrogen-bond donors (Lipinski definition) is 1. The molecule has 3 aromatic rings. The van der Waals surface area contributed by atoms with Gasteiger partial charge in [0.2, 0.25) is 0 Å². The molecule has 0 spiro atoms. The Kier molecular flexibility index (Phi) is 4.02. The van der Waals surface area contributed by atoms with Crippen LogP contribution in [0.25, 0.3) is 5.69 Å². The Labute approximate surface area is 132 Å². The lowest BCUT2D eigenvalue weighted by Crippen LogP contribution is -2.23. The molecule has 2 heterocycles. The summed E-state index contributed by atoms with van der Waals surface area (Å²) in [7, 11) is 0. The molecule has 6 heteroatoms. The predicted octanol–water partition coefficient (Wildman–Crippen LogP) is 2.88. The van der Waals surface area contributed by atoms with Crippen LogP contribution >= 0.6 is 11.3 Å². The summed E-state index contributed by atoms with van der Waals surface area (Å²) >= 11 is 1.51. The number of amides is 1. The number of nitrogens with one attached hydrogen (secondary N) is 1. The van der Waals surface area contributed by atoms with Crippen molar-refractivity contribution in [1.82, 2.24) is 20.1 Å². The Bertz CT molecular complexity index is 772. The van der Waals surface area contributed by atoms with Gasteiger partial charge in [-0.2, -0.15) is 0 Å². The smallest absolute Gasteiger partial charge is 0.261 e. The molecule has 5 nitrogen and oxygen atoms in total. The summed E-state index contributed by atoms with van der Waals surface area (Å²) in [6.45, 7) is 4.36. The average molecular weight is 312 g/mol. The van der Waals surface area contributed by atoms with E-state index >= 15 is 0 Å². The highest BCUT2D eigenvalue weighted by molar-refractivity contribution is 7.14. The summed E-state index contributed by atoms with van der Waals surface area (Å²) < 4.78 is 1.87. The maximum absolute atomic E-state index is 12.2. The van der Waals surface area contributed by atoms with Gasteiger partial charge in [0.05, 0.1) is 11.4 Å². The Morgan fingerprint density at radius 1 is 1.27 bits per heavy atom. The Morgan fingerprint density at radius 3 is 2.73 bits per heavy atom. The van der Waals surface area contributed by atoms with Crippen molar-refractivity contribution in [3.63, 3.8) is 0 Å². The topological polar surface area (TPSA) is 59.8 Å². The van der Waals surface area contributed by atoms with E-state index in [9.17, 15) is 4.79 Å². The number of hydrogen-bond acceptors (Lipinski definition) is 4. The molecular formula is C16H16N4OS. The first kappa shape index (κ1) is 14.5. The minimum atomic E-state index is -0.0798. The van der Waals surface area contributed by atoms with Gasteiger partial charge in [-0.25, -0.2) is 0 Å². The molecule has 0 aliphatic carbocycles. The highest BCUT2D eigenvalue weighted by atomic mass is 32.1. The fraction of sp³-hybridized carbons (Fsp3) is 0.188. The fourth-order valence-corrected chi connectivity index (χ4v) is 3.07. The van der Waals surface area contributed by atoms with E-state index in [0.29, 0.717) is 12.4 Å². The maximum Gasteiger partial charge on any atom is 0.261 e. The van der Waals surface area contributed by atoms with Gasteiger partial charge in [0.1, 0.15) is 6.33 Å². The molecule has 0 unspecified atom stereocenters. The molecule has 22 heavy (non-hydrogen) atoms. The largest absolute Gasteiger partial charge is 0.344 e. The fourth-order valence-electron chi connectivity index (χ4n) is 2.12. The van der Waals surface area contributed by atoms with Gasteiger partial charge < -0.3 is 5.32 Å². The first-order chi connectivity index (χ1) is 10.6. The number of thiophene rings is 1. The van der Waals surface area contributed by atoms with Gasteiger partial charge in [0.25, 0.3) is 5.91 Å². The van der Waals surface area contributed by atoms with Crippen LogP contribution in [0.1, 0.15) is 25.9 Å². The first-order valence-corrected chi connectivity index (χ1v) is 7.76. The minimum absolute atomic E-state index is 0.0798. The van der Waals surface area contributed by atoms with E-state index in [2.05, 4.69) is 15.5 Å². The van der Waals surface area contributed by atoms with Crippen molar-refractivity contribution < 1.29 is 4.79 Å². The van der Waals surface area contributed by atoms with Crippen molar-refractivity contribution in [3.05, 3.63) is 63.9 Å². The molecule has 0 saturated heterocycles. The van der Waals surface area contributed by atoms with Gasteiger partial charge in [-0.1, -0.05) is 18.2 Å². The van der Waals surface area contributed by atoms with Crippen molar-refractivity contribution in [2.45, 2.75) is 20.4 Å². The zero-order chi connectivity index (χ0) is 15.5. The van der Waals surface area contributed by atoms with E-state index in [4.69, 9.17) is 0 Å². The van der Waals surface area contributed by atoms with Gasteiger partial charge in [0, 0.05) is 10.6 Å². The summed E-state index contributed by atoms with van der Waals surface area (Å²) in [6, 6.07) is 11.7. The summed E-state index contributed by atoms with van der Waals surface area (Å²) in [5.74, 6) is 0.619. The number of aryl methyl sites for hydroxylation is 2. The average Bonchev–Trinajstić information content (AvgIpc) is 3.13. The van der Waals surface area contributed by atoms with Gasteiger partial charge in [0.15, 0.2) is 5.82 Å². The number of benzene rings is 1. The molecule has 0 aliphatic heterocycles. The number of carbonyl (C=O) groups excluding carboxylic acids is 1. The maximum atomic E-state index is 12.2. The molecule has 112 valence electrons. The van der Waals surface area contributed by atoms with Crippen molar-refractivity contribution in [3.8, 4) is 5.69 Å². The van der Waals surface area contributed by atoms with Gasteiger partial charge in [-0.05, 0) is 37.6 Å². The monoisotopic (exact) mass is 312 g/mol. The molecule has 0 aliphatic rings. The first-order valence-electron chi connectivity index (χ1n) is 6.94. The Balaban J connectivity index is 1.72. The SMILES string of the molecule is Cc1cc(C(=O)NCc2nncn2-c2ccccc2)sc1C. The predicted molar refractivity (Wildman–Crippen MR) is 86.3 cm³/mol. The summed E-state index contributed by atoms with van der Waals surface area (Å²) in [5, 5.41) is 10.9. The molecule has 0 fully saturated rings. The highest BCUT2D eigenvalue weighted by Crippen LogP contribution is 2.20. The van der Waals surface area contributed by atoms with Crippen LogP contribution in [0.3, 0.4) is 0 Å². The quantitative estimate of drug-likeness (QED) is 0.806. The third-order valence-corrected chi connectivity index (χ3v) is 4.60. The van der Waals surface area contributed by atoms with E-state index in [1.807, 2.05) is 54.8 Å². The zero-order valence-corrected chi connectivity index (χ0v) is 13.2. The molecular weight excluding hydrogens is 296 g/mol. The number of rotatable bonds is 4. The molecule has 3 rings (SSSR count). The second-order valence-electron chi connectivity index (χ2n) is 4.99. The second-order valence-corrected chi connectivity index (χ2v) is 6.24. The van der Waals surface area contributed by atoms with Crippen molar-refractivity contribution in [2.75, 3.05) is 0 Å². The molecule has 2 aromatic heterocycles. The van der Waals surface area contributed by atoms with Crippen molar-refractivity contribution in [1.29, 1.82) is 0 Å². The van der Waals surface area contributed by atoms with E-state index in [1.165, 1.54) is 11.3 Å². The van der Waals surface area contributed by atoms with Crippen LogP contribution in [-0.2, 0) is 6.54 Å². The lowest BCUT2D eigenvalue weighted by Gasteiger charge is -2.07. The van der Waals surface area contributed by atoms with Gasteiger partial charge in [-0.15, -0.1) is 21.5 Å². The lowest BCUT2D eigenvalue weighted by atomic mass is 10.3. The van der Waals surface area contributed by atoms with Crippen molar-refractivity contribution in [2.24, 2.45) is 0 Å². The molecule has 1 amide bonds. The summed E-state index contributed by atoms with van der Waals surface area (Å²) in [5.41, 5.74) is 2.11. The standard InChI is InChI=1S/C16H16N4OS/c1-11-8-14(22-12(11)2)16(21)17-9-15-19-18-10-20(15)13-6-4-3-5-7-13/h3-8,10H,9H2,1-2H3,(H,17,21). The molecule has 0 saturated carbocycles. The second kappa shape index (κ2) is 6.11. The van der Waals surface area contributed by atoms with E-state index < -0.39 is 0 Å². The van der Waals surface area contributed by atoms with Crippen LogP contribution in [0.5, 0.6) is 0 Å². The van der Waals surface area contributed by atoms with E-state index in [1.54, 1.807) is 6.33 Å². The number of nitrogens with zero attached hydrogens (tertiary/aromatic N) is 3. The van der Waals surface area contributed by atoms with E-state index in [0.717, 1.165) is 21.0 Å². The van der Waals surface area contributed by atoms with Crippen LogP contribution in [0.15, 0.2) is 42.7 Å². The molecule has 1 N–H and O–H groups in total. The zero-order valence-electron chi connectivity index (χ0n) is 12.4. The molecule has 1 aromatic carbocycles. The third kappa shape index (κ3) is 2.92. The van der Waals surface area contributed by atoms with Crippen molar-refractivity contribution >= 4 is 17.2 Å². The Hall–Kier alpha value is -2.47. The van der Waals surface area contributed by atoms with Gasteiger partial charge in [-0.3, -0.25) is 9.36 Å². The van der Waals surface area contributed by atoms with Crippen LogP contribution in [0.2, 0.25) is 0 Å². The van der Waals surface area contributed by atoms with Crippen LogP contribution in [-0.4, -0.2) is 20.7 Å². The Morgan fingerprint density at radius 2 is 2.05 bits per heavy atom. The molecule has 0 radical (unpaired) electrons. The number of carbonyl (C=O) groups is 1. The summed E-state index contributed by atoms with van der Waals surface area (Å²) in [4.78, 5) is 14.1. The van der Waals surface area contributed by atoms with Gasteiger partial charge >= 0.3 is 0 Å². The normalized spacial score (nSPS) is 10.6. The van der Waals surface area contributed by atoms with E-state index in [-0.39, 0.29) is 5.91 Å². The van der Waals surface area contributed by atoms with Crippen LogP contribution in [0.4, 0.5) is 0 Å². The molecule has 0 atom stereocenters. The molecule has 0 bridgehead atoms. The van der Waals surface area contributed by atoms with Crippen LogP contribution < -0.4 is 5.32 Å². The number of aromatic nitrogens is 3. The lowest BCUT2D eigenvalue weighted by molar-refractivity contribution is 0.0953. The minimum Gasteiger partial charge on any atom is -0.344 e. The number of para-hydroxylation sites is 1. The van der Waals surface area contributed by atoms with Crippen LogP contribution in [0, 0.1) is 13.8 Å². The third-order valence-electron chi connectivity index (χ3n) is 3.45. The highest BCUT2D eigenvalue weighted by Gasteiger charge is 2.12.